The summed E-state index contributed by atoms with van der Waals surface area (Å²) in [4.78, 5) is 8.64. The van der Waals surface area contributed by atoms with Crippen molar-refractivity contribution in [3.05, 3.63) is 11.9 Å². The van der Waals surface area contributed by atoms with Gasteiger partial charge in [-0.1, -0.05) is 26.2 Å². The van der Waals surface area contributed by atoms with Crippen LogP contribution in [-0.2, 0) is 6.42 Å². The van der Waals surface area contributed by atoms with Gasteiger partial charge in [0.25, 0.3) is 0 Å². The van der Waals surface area contributed by atoms with Crippen molar-refractivity contribution in [1.82, 2.24) is 9.97 Å². The lowest BCUT2D eigenvalue weighted by Crippen LogP contribution is -2.17. The minimum atomic E-state index is 0.331. The smallest absolute Gasteiger partial charge is 0.222 e. The molecule has 1 saturated carbocycles. The normalized spacial score (nSPS) is 16.9. The number of nitrogens with one attached hydrogen (secondary N) is 1. The largest absolute Gasteiger partial charge is 0.474 e. The topological polar surface area (TPSA) is 47.0 Å². The first-order valence-corrected chi connectivity index (χ1v) is 7.53. The van der Waals surface area contributed by atoms with Crippen molar-refractivity contribution in [3.8, 4) is 5.88 Å². The molecule has 0 bridgehead atoms. The molecular formula is C15H25N3O. The quantitative estimate of drug-likeness (QED) is 0.825. The molecule has 4 heteroatoms. The summed E-state index contributed by atoms with van der Waals surface area (Å²) in [7, 11) is 1.90. The molecule has 0 unspecified atom stereocenters. The number of aromatic nitrogens is 2. The second kappa shape index (κ2) is 7.31. The molecule has 0 aromatic carbocycles. The van der Waals surface area contributed by atoms with E-state index in [4.69, 9.17) is 4.74 Å². The molecule has 4 nitrogen and oxygen atoms in total. The zero-order chi connectivity index (χ0) is 13.5. The van der Waals surface area contributed by atoms with Gasteiger partial charge in [0.15, 0.2) is 0 Å². The highest BCUT2D eigenvalue weighted by Crippen LogP contribution is 2.27. The van der Waals surface area contributed by atoms with Crippen LogP contribution < -0.4 is 10.1 Å². The number of rotatable bonds is 5. The van der Waals surface area contributed by atoms with Gasteiger partial charge in [0.1, 0.15) is 18.2 Å². The molecule has 2 rings (SSSR count). The zero-order valence-corrected chi connectivity index (χ0v) is 12.1. The molecule has 19 heavy (non-hydrogen) atoms. The van der Waals surface area contributed by atoms with Gasteiger partial charge in [0.05, 0.1) is 5.56 Å². The second-order valence-corrected chi connectivity index (χ2v) is 5.24. The zero-order valence-electron chi connectivity index (χ0n) is 12.1. The fraction of sp³-hybridized carbons (Fsp3) is 0.733. The van der Waals surface area contributed by atoms with Crippen molar-refractivity contribution in [2.45, 2.75) is 64.4 Å². The Morgan fingerprint density at radius 1 is 1.21 bits per heavy atom. The van der Waals surface area contributed by atoms with Crippen LogP contribution in [0.15, 0.2) is 6.33 Å². The van der Waals surface area contributed by atoms with Gasteiger partial charge in [0.2, 0.25) is 5.88 Å². The average Bonchev–Trinajstić information content (AvgIpc) is 2.69. The predicted octanol–water partition coefficient (Wildman–Crippen LogP) is 3.57. The van der Waals surface area contributed by atoms with E-state index in [-0.39, 0.29) is 0 Å². The molecule has 1 aromatic heterocycles. The Kier molecular flexibility index (Phi) is 5.43. The number of hydrogen-bond acceptors (Lipinski definition) is 4. The molecule has 0 radical (unpaired) electrons. The lowest BCUT2D eigenvalue weighted by molar-refractivity contribution is 0.174. The molecule has 0 saturated heterocycles. The third-order valence-electron chi connectivity index (χ3n) is 3.72. The Balaban J connectivity index is 2.13. The van der Waals surface area contributed by atoms with Gasteiger partial charge in [-0.2, -0.15) is 0 Å². The summed E-state index contributed by atoms with van der Waals surface area (Å²) < 4.78 is 6.17. The van der Waals surface area contributed by atoms with E-state index in [1.807, 2.05) is 7.05 Å². The number of hydrogen-bond donors (Lipinski definition) is 1. The van der Waals surface area contributed by atoms with Crippen LogP contribution in [0.3, 0.4) is 0 Å². The first kappa shape index (κ1) is 14.1. The molecule has 0 aliphatic heterocycles. The molecule has 0 spiro atoms. The highest BCUT2D eigenvalue weighted by atomic mass is 16.5. The first-order chi connectivity index (χ1) is 9.35. The Morgan fingerprint density at radius 3 is 2.58 bits per heavy atom. The van der Waals surface area contributed by atoms with E-state index in [0.717, 1.165) is 42.9 Å². The Hall–Kier alpha value is -1.32. The van der Waals surface area contributed by atoms with Crippen molar-refractivity contribution in [1.29, 1.82) is 0 Å². The summed E-state index contributed by atoms with van der Waals surface area (Å²) in [6.07, 6.45) is 11.5. The van der Waals surface area contributed by atoms with Crippen LogP contribution in [-0.4, -0.2) is 23.1 Å². The van der Waals surface area contributed by atoms with E-state index >= 15 is 0 Å². The summed E-state index contributed by atoms with van der Waals surface area (Å²) in [5.74, 6) is 1.69. The average molecular weight is 263 g/mol. The van der Waals surface area contributed by atoms with Crippen molar-refractivity contribution >= 4 is 5.82 Å². The van der Waals surface area contributed by atoms with Crippen LogP contribution >= 0.6 is 0 Å². The van der Waals surface area contributed by atoms with Crippen LogP contribution in [0.25, 0.3) is 0 Å². The van der Waals surface area contributed by atoms with E-state index in [2.05, 4.69) is 22.2 Å². The maximum absolute atomic E-state index is 6.17. The third kappa shape index (κ3) is 3.82. The Labute approximate surface area is 116 Å². The van der Waals surface area contributed by atoms with E-state index in [1.54, 1.807) is 6.33 Å². The Morgan fingerprint density at radius 2 is 1.95 bits per heavy atom. The molecule has 1 N–H and O–H groups in total. The number of ether oxygens (including phenoxy) is 1. The lowest BCUT2D eigenvalue weighted by Gasteiger charge is -2.19. The minimum Gasteiger partial charge on any atom is -0.474 e. The van der Waals surface area contributed by atoms with Gasteiger partial charge >= 0.3 is 0 Å². The lowest BCUT2D eigenvalue weighted by atomic mass is 10.1. The SMILES string of the molecule is CCCc1c(NC)ncnc1OC1CCCCCC1. The van der Waals surface area contributed by atoms with Crippen LogP contribution in [0.1, 0.15) is 57.4 Å². The van der Waals surface area contributed by atoms with E-state index in [0.29, 0.717) is 6.10 Å². The molecule has 0 atom stereocenters. The minimum absolute atomic E-state index is 0.331. The standard InChI is InChI=1S/C15H25N3O/c1-3-8-13-14(16-2)17-11-18-15(13)19-12-9-6-4-5-7-10-12/h11-12H,3-10H2,1-2H3,(H,16,17,18). The maximum Gasteiger partial charge on any atom is 0.222 e. The van der Waals surface area contributed by atoms with Gasteiger partial charge < -0.3 is 10.1 Å². The summed E-state index contributed by atoms with van der Waals surface area (Å²) in [5.41, 5.74) is 1.12. The summed E-state index contributed by atoms with van der Waals surface area (Å²) in [6.45, 7) is 2.17. The molecule has 1 aromatic rings. The van der Waals surface area contributed by atoms with E-state index in [9.17, 15) is 0 Å². The van der Waals surface area contributed by atoms with Gasteiger partial charge in [-0.05, 0) is 32.1 Å². The van der Waals surface area contributed by atoms with Gasteiger partial charge in [-0.3, -0.25) is 0 Å². The molecule has 0 amide bonds. The monoisotopic (exact) mass is 263 g/mol. The molecule has 1 aliphatic carbocycles. The van der Waals surface area contributed by atoms with Gasteiger partial charge in [0, 0.05) is 7.05 Å². The van der Waals surface area contributed by atoms with Crippen LogP contribution in [0.5, 0.6) is 5.88 Å². The summed E-state index contributed by atoms with van der Waals surface area (Å²) >= 11 is 0. The first-order valence-electron chi connectivity index (χ1n) is 7.53. The number of nitrogens with zero attached hydrogens (tertiary/aromatic N) is 2. The fourth-order valence-corrected chi connectivity index (χ4v) is 2.71. The fourth-order valence-electron chi connectivity index (χ4n) is 2.71. The summed E-state index contributed by atoms with van der Waals surface area (Å²) in [6, 6.07) is 0. The maximum atomic E-state index is 6.17. The van der Waals surface area contributed by atoms with Crippen LogP contribution in [0.4, 0.5) is 5.82 Å². The van der Waals surface area contributed by atoms with Crippen molar-refractivity contribution in [2.75, 3.05) is 12.4 Å². The van der Waals surface area contributed by atoms with Crippen molar-refractivity contribution < 1.29 is 4.74 Å². The highest BCUT2D eigenvalue weighted by molar-refractivity contribution is 5.48. The van der Waals surface area contributed by atoms with Gasteiger partial charge in [-0.25, -0.2) is 9.97 Å². The molecule has 106 valence electrons. The predicted molar refractivity (Wildman–Crippen MR) is 77.7 cm³/mol. The molecule has 1 aliphatic rings. The molecular weight excluding hydrogens is 238 g/mol. The van der Waals surface area contributed by atoms with Crippen LogP contribution in [0, 0.1) is 0 Å². The van der Waals surface area contributed by atoms with Gasteiger partial charge in [-0.15, -0.1) is 0 Å². The van der Waals surface area contributed by atoms with Crippen molar-refractivity contribution in [2.24, 2.45) is 0 Å². The summed E-state index contributed by atoms with van der Waals surface area (Å²) in [5, 5.41) is 3.14. The number of anilines is 1. The highest BCUT2D eigenvalue weighted by Gasteiger charge is 2.18. The second-order valence-electron chi connectivity index (χ2n) is 5.24. The molecule has 1 heterocycles. The van der Waals surface area contributed by atoms with Crippen LogP contribution in [0.2, 0.25) is 0 Å². The molecule has 1 fully saturated rings. The van der Waals surface area contributed by atoms with E-state index in [1.165, 1.54) is 25.7 Å². The Bertz CT molecular complexity index is 387. The van der Waals surface area contributed by atoms with Crippen molar-refractivity contribution in [3.63, 3.8) is 0 Å². The third-order valence-corrected chi connectivity index (χ3v) is 3.72. The van der Waals surface area contributed by atoms with E-state index < -0.39 is 0 Å².